The van der Waals surface area contributed by atoms with E-state index < -0.39 is 0 Å². The van der Waals surface area contributed by atoms with E-state index in [0.29, 0.717) is 0 Å². The highest BCUT2D eigenvalue weighted by atomic mass is 14.4. The Bertz CT molecular complexity index is 476. The molecule has 172 valence electrons. The van der Waals surface area contributed by atoms with Crippen molar-refractivity contribution in [2.45, 2.75) is 129 Å². The number of hydrogen-bond donors (Lipinski definition) is 0. The highest BCUT2D eigenvalue weighted by Crippen LogP contribution is 2.43. The largest absolute Gasteiger partial charge is 0.0914 e. The maximum atomic E-state index is 2.58. The van der Waals surface area contributed by atoms with E-state index in [1.807, 2.05) is 0 Å². The first-order valence-electron chi connectivity index (χ1n) is 14.1. The van der Waals surface area contributed by atoms with Crippen molar-refractivity contribution in [2.24, 2.45) is 35.5 Å². The van der Waals surface area contributed by atoms with Gasteiger partial charge in [0.1, 0.15) is 0 Å². The second-order valence-electron chi connectivity index (χ2n) is 11.3. The monoisotopic (exact) mass is 412 g/mol. The van der Waals surface area contributed by atoms with Gasteiger partial charge in [-0.1, -0.05) is 82.6 Å². The second kappa shape index (κ2) is 13.8. The van der Waals surface area contributed by atoms with Crippen LogP contribution in [0.4, 0.5) is 0 Å². The molecule has 0 aliphatic heterocycles. The number of hydrogen-bond acceptors (Lipinski definition) is 0. The van der Waals surface area contributed by atoms with Crippen molar-refractivity contribution in [1.29, 1.82) is 0 Å². The van der Waals surface area contributed by atoms with Crippen molar-refractivity contribution in [3.63, 3.8) is 0 Å². The number of rotatable bonds is 10. The normalized spacial score (nSPS) is 35.9. The predicted octanol–water partition coefficient (Wildman–Crippen LogP) is 9.90. The molecular formula is C30H52. The Kier molecular flexibility index (Phi) is 11.1. The summed E-state index contributed by atoms with van der Waals surface area (Å²) in [5.74, 6) is 6.02. The van der Waals surface area contributed by atoms with Crippen molar-refractivity contribution < 1.29 is 0 Å². The molecule has 0 heterocycles. The quantitative estimate of drug-likeness (QED) is 0.247. The van der Waals surface area contributed by atoms with Gasteiger partial charge in [-0.05, 0) is 107 Å². The molecule has 0 bridgehead atoms. The van der Waals surface area contributed by atoms with Crippen LogP contribution in [0.5, 0.6) is 0 Å². The molecule has 3 fully saturated rings. The van der Waals surface area contributed by atoms with Gasteiger partial charge in [0.25, 0.3) is 0 Å². The molecule has 0 unspecified atom stereocenters. The molecule has 0 heteroatoms. The molecular weight excluding hydrogens is 360 g/mol. The van der Waals surface area contributed by atoms with Gasteiger partial charge in [-0.25, -0.2) is 0 Å². The van der Waals surface area contributed by atoms with Crippen molar-refractivity contribution in [2.75, 3.05) is 0 Å². The zero-order valence-electron chi connectivity index (χ0n) is 20.5. The summed E-state index contributed by atoms with van der Waals surface area (Å²) in [5.41, 5.74) is 0. The van der Waals surface area contributed by atoms with Gasteiger partial charge in [-0.2, -0.15) is 0 Å². The minimum absolute atomic E-state index is 0.867. The Hall–Kier alpha value is -0.520. The maximum Gasteiger partial charge on any atom is -0.0233 e. The summed E-state index contributed by atoms with van der Waals surface area (Å²) in [5, 5.41) is 0. The lowest BCUT2D eigenvalue weighted by Crippen LogP contribution is -2.25. The van der Waals surface area contributed by atoms with Crippen molar-refractivity contribution >= 4 is 0 Å². The Labute approximate surface area is 189 Å². The first kappa shape index (κ1) is 24.1. The molecule has 0 aromatic rings. The Morgan fingerprint density at radius 3 is 1.67 bits per heavy atom. The molecule has 0 saturated heterocycles. The Morgan fingerprint density at radius 1 is 0.600 bits per heavy atom. The summed E-state index contributed by atoms with van der Waals surface area (Å²) in [7, 11) is 0. The second-order valence-corrected chi connectivity index (χ2v) is 11.3. The lowest BCUT2D eigenvalue weighted by molar-refractivity contribution is 0.140. The van der Waals surface area contributed by atoms with Crippen LogP contribution in [0.25, 0.3) is 0 Å². The molecule has 3 saturated carbocycles. The molecule has 0 spiro atoms. The maximum absolute atomic E-state index is 2.58. The van der Waals surface area contributed by atoms with Crippen molar-refractivity contribution in [3.8, 4) is 0 Å². The van der Waals surface area contributed by atoms with Crippen LogP contribution in [0.1, 0.15) is 129 Å². The lowest BCUT2D eigenvalue weighted by Gasteiger charge is -2.38. The van der Waals surface area contributed by atoms with E-state index in [0.717, 1.165) is 35.5 Å². The molecule has 0 N–H and O–H groups in total. The van der Waals surface area contributed by atoms with Crippen molar-refractivity contribution in [3.05, 3.63) is 24.3 Å². The van der Waals surface area contributed by atoms with E-state index >= 15 is 0 Å². The van der Waals surface area contributed by atoms with E-state index in [9.17, 15) is 0 Å². The molecule has 0 atom stereocenters. The topological polar surface area (TPSA) is 0 Å². The molecule has 3 rings (SSSR count). The van der Waals surface area contributed by atoms with Crippen LogP contribution in [0.15, 0.2) is 24.3 Å². The van der Waals surface area contributed by atoms with Crippen LogP contribution in [0, 0.1) is 35.5 Å². The number of allylic oxidation sites excluding steroid dienone is 4. The Morgan fingerprint density at radius 2 is 1.13 bits per heavy atom. The van der Waals surface area contributed by atoms with Crippen LogP contribution < -0.4 is 0 Å². The first-order chi connectivity index (χ1) is 14.8. The van der Waals surface area contributed by atoms with Crippen LogP contribution >= 0.6 is 0 Å². The molecule has 0 amide bonds. The summed E-state index contributed by atoms with van der Waals surface area (Å²) in [6.45, 7) is 4.50. The SMILES string of the molecule is CC=C[C@H]1CC[C@H](C=CCC[C@H]2CC[C@H]([C@H]3CC[C@H](CCCCC)CC3)CC2)CC1. The molecule has 0 radical (unpaired) electrons. The van der Waals surface area contributed by atoms with E-state index in [4.69, 9.17) is 0 Å². The van der Waals surface area contributed by atoms with Crippen LogP contribution in [0.3, 0.4) is 0 Å². The fourth-order valence-electron chi connectivity index (χ4n) is 7.00. The molecule has 0 nitrogen and oxygen atoms in total. The van der Waals surface area contributed by atoms with E-state index in [1.54, 1.807) is 38.5 Å². The van der Waals surface area contributed by atoms with Gasteiger partial charge >= 0.3 is 0 Å². The van der Waals surface area contributed by atoms with Crippen LogP contribution in [-0.4, -0.2) is 0 Å². The van der Waals surface area contributed by atoms with E-state index in [1.165, 1.54) is 77.0 Å². The molecule has 3 aliphatic rings. The average molecular weight is 413 g/mol. The average Bonchev–Trinajstić information content (AvgIpc) is 2.79. The standard InChI is InChI=1S/C30H52/c1-3-5-6-10-27-17-21-29(22-18-27)30-23-19-28(20-24-30)12-8-7-11-26-15-13-25(9-4-2)14-16-26/h4,7,9,11,25-30H,3,5-6,8,10,12-24H2,1-2H3/t25-,26-,27-,28-,29-,30-. The van der Waals surface area contributed by atoms with Crippen LogP contribution in [0.2, 0.25) is 0 Å². The fraction of sp³-hybridized carbons (Fsp3) is 0.867. The summed E-state index contributed by atoms with van der Waals surface area (Å²) >= 11 is 0. The molecule has 0 aromatic carbocycles. The minimum atomic E-state index is 0.867. The number of unbranched alkanes of at least 4 members (excludes halogenated alkanes) is 2. The van der Waals surface area contributed by atoms with Gasteiger partial charge in [0.15, 0.2) is 0 Å². The van der Waals surface area contributed by atoms with Gasteiger partial charge in [0.2, 0.25) is 0 Å². The Balaban J connectivity index is 1.24. The van der Waals surface area contributed by atoms with E-state index in [2.05, 4.69) is 38.2 Å². The van der Waals surface area contributed by atoms with Gasteiger partial charge in [-0.3, -0.25) is 0 Å². The smallest absolute Gasteiger partial charge is 0.0233 e. The molecule has 3 aliphatic carbocycles. The summed E-state index contributed by atoms with van der Waals surface area (Å²) in [6, 6.07) is 0. The lowest BCUT2D eigenvalue weighted by atomic mass is 9.68. The third-order valence-corrected chi connectivity index (χ3v) is 9.10. The van der Waals surface area contributed by atoms with Gasteiger partial charge < -0.3 is 0 Å². The van der Waals surface area contributed by atoms with Gasteiger partial charge in [0, 0.05) is 0 Å². The molecule has 30 heavy (non-hydrogen) atoms. The van der Waals surface area contributed by atoms with Crippen LogP contribution in [-0.2, 0) is 0 Å². The predicted molar refractivity (Wildman–Crippen MR) is 134 cm³/mol. The van der Waals surface area contributed by atoms with Gasteiger partial charge in [-0.15, -0.1) is 0 Å². The third-order valence-electron chi connectivity index (χ3n) is 9.10. The zero-order chi connectivity index (χ0) is 21.0. The van der Waals surface area contributed by atoms with Gasteiger partial charge in [0.05, 0.1) is 0 Å². The third kappa shape index (κ3) is 8.20. The first-order valence-corrected chi connectivity index (χ1v) is 14.1. The van der Waals surface area contributed by atoms with Crippen molar-refractivity contribution in [1.82, 2.24) is 0 Å². The summed E-state index contributed by atoms with van der Waals surface area (Å²) in [6.07, 6.45) is 36.5. The van der Waals surface area contributed by atoms with E-state index in [-0.39, 0.29) is 0 Å². The highest BCUT2D eigenvalue weighted by molar-refractivity contribution is 4.95. The molecule has 0 aromatic heterocycles. The zero-order valence-corrected chi connectivity index (χ0v) is 20.5. The minimum Gasteiger partial charge on any atom is -0.0914 e. The fourth-order valence-corrected chi connectivity index (χ4v) is 7.00. The highest BCUT2D eigenvalue weighted by Gasteiger charge is 2.30. The summed E-state index contributed by atoms with van der Waals surface area (Å²) in [4.78, 5) is 0. The summed E-state index contributed by atoms with van der Waals surface area (Å²) < 4.78 is 0.